The summed E-state index contributed by atoms with van der Waals surface area (Å²) in [6, 6.07) is 11.5. The number of ether oxygens (including phenoxy) is 1. The van der Waals surface area contributed by atoms with Crippen molar-refractivity contribution < 1.29 is 19.6 Å². The summed E-state index contributed by atoms with van der Waals surface area (Å²) in [5, 5.41) is 25.7. The van der Waals surface area contributed by atoms with Crippen molar-refractivity contribution in [1.82, 2.24) is 9.99 Å². The first-order valence-corrected chi connectivity index (χ1v) is 7.85. The molecule has 27 heavy (non-hydrogen) atoms. The zero-order chi connectivity index (χ0) is 19.6. The van der Waals surface area contributed by atoms with Crippen LogP contribution in [0.4, 0.5) is 5.69 Å². The Morgan fingerprint density at radius 2 is 2.07 bits per heavy atom. The molecule has 9 nitrogen and oxygen atoms in total. The van der Waals surface area contributed by atoms with Gasteiger partial charge in [0.15, 0.2) is 11.5 Å². The fourth-order valence-electron chi connectivity index (χ4n) is 2.70. The van der Waals surface area contributed by atoms with Gasteiger partial charge in [-0.2, -0.15) is 5.10 Å². The molecule has 2 N–H and O–H groups in total. The van der Waals surface area contributed by atoms with Gasteiger partial charge in [0.1, 0.15) is 5.69 Å². The number of fused-ring (bicyclic) bond motifs is 1. The molecule has 1 heterocycles. The largest absolute Gasteiger partial charge is 0.504 e. The molecular weight excluding hydrogens is 352 g/mol. The number of benzene rings is 2. The second-order valence-electron chi connectivity index (χ2n) is 5.69. The first-order valence-electron chi connectivity index (χ1n) is 7.85. The number of non-ortho nitro benzene ring substituents is 1. The van der Waals surface area contributed by atoms with Crippen LogP contribution in [0.3, 0.4) is 0 Å². The third kappa shape index (κ3) is 3.43. The van der Waals surface area contributed by atoms with Crippen LogP contribution in [-0.4, -0.2) is 33.8 Å². The van der Waals surface area contributed by atoms with E-state index in [9.17, 15) is 20.0 Å². The van der Waals surface area contributed by atoms with Crippen LogP contribution in [0.5, 0.6) is 11.5 Å². The molecule has 0 bridgehead atoms. The van der Waals surface area contributed by atoms with Crippen molar-refractivity contribution in [2.75, 3.05) is 7.11 Å². The van der Waals surface area contributed by atoms with Crippen LogP contribution in [0, 0.1) is 10.1 Å². The molecular formula is C18H16N4O5. The number of para-hydroxylation sites is 1. The minimum Gasteiger partial charge on any atom is -0.504 e. The van der Waals surface area contributed by atoms with Crippen molar-refractivity contribution in [3.8, 4) is 11.5 Å². The SMILES string of the molecule is COc1cc([N+](=O)[O-])cc(/C=N/NC(=O)c2cc3ccccc3n2C)c1O. The van der Waals surface area contributed by atoms with E-state index in [0.717, 1.165) is 29.3 Å². The van der Waals surface area contributed by atoms with E-state index in [1.807, 2.05) is 24.3 Å². The topological polar surface area (TPSA) is 119 Å². The number of nitrogens with zero attached hydrogens (tertiary/aromatic N) is 3. The fraction of sp³-hybridized carbons (Fsp3) is 0.111. The van der Waals surface area contributed by atoms with Crippen LogP contribution < -0.4 is 10.2 Å². The lowest BCUT2D eigenvalue weighted by Crippen LogP contribution is -2.20. The number of aromatic hydroxyl groups is 1. The van der Waals surface area contributed by atoms with Gasteiger partial charge in [-0.3, -0.25) is 14.9 Å². The predicted octanol–water partition coefficient (Wildman–Crippen LogP) is 2.56. The van der Waals surface area contributed by atoms with Crippen molar-refractivity contribution in [1.29, 1.82) is 0 Å². The number of aryl methyl sites for hydroxylation is 1. The first kappa shape index (κ1) is 17.9. The van der Waals surface area contributed by atoms with E-state index in [-0.39, 0.29) is 22.7 Å². The van der Waals surface area contributed by atoms with E-state index in [1.54, 1.807) is 17.7 Å². The number of hydrazone groups is 1. The second-order valence-corrected chi connectivity index (χ2v) is 5.69. The molecule has 0 saturated carbocycles. The molecule has 0 atom stereocenters. The summed E-state index contributed by atoms with van der Waals surface area (Å²) >= 11 is 0. The summed E-state index contributed by atoms with van der Waals surface area (Å²) < 4.78 is 6.65. The van der Waals surface area contributed by atoms with Gasteiger partial charge >= 0.3 is 0 Å². The van der Waals surface area contributed by atoms with Crippen molar-refractivity contribution in [2.45, 2.75) is 0 Å². The van der Waals surface area contributed by atoms with Crippen LogP contribution in [0.2, 0.25) is 0 Å². The predicted molar refractivity (Wildman–Crippen MR) is 99.3 cm³/mol. The molecule has 0 fully saturated rings. The molecule has 1 aromatic heterocycles. The number of phenols is 1. The summed E-state index contributed by atoms with van der Waals surface area (Å²) in [4.78, 5) is 22.7. The van der Waals surface area contributed by atoms with E-state index in [4.69, 9.17) is 4.74 Å². The minimum absolute atomic E-state index is 0.0402. The highest BCUT2D eigenvalue weighted by Crippen LogP contribution is 2.33. The Balaban J connectivity index is 1.84. The van der Waals surface area contributed by atoms with E-state index in [0.29, 0.717) is 5.69 Å². The van der Waals surface area contributed by atoms with Crippen LogP contribution in [0.25, 0.3) is 10.9 Å². The van der Waals surface area contributed by atoms with Crippen molar-refractivity contribution >= 4 is 28.7 Å². The maximum Gasteiger partial charge on any atom is 0.287 e. The summed E-state index contributed by atoms with van der Waals surface area (Å²) in [5.74, 6) is -0.835. The maximum atomic E-state index is 12.4. The zero-order valence-electron chi connectivity index (χ0n) is 14.5. The highest BCUT2D eigenvalue weighted by Gasteiger charge is 2.16. The van der Waals surface area contributed by atoms with Crippen LogP contribution >= 0.6 is 0 Å². The third-order valence-corrected chi connectivity index (χ3v) is 4.07. The monoisotopic (exact) mass is 368 g/mol. The highest BCUT2D eigenvalue weighted by molar-refractivity contribution is 5.99. The van der Waals surface area contributed by atoms with E-state index in [1.165, 1.54) is 7.11 Å². The Bertz CT molecular complexity index is 1070. The molecule has 3 rings (SSSR count). The lowest BCUT2D eigenvalue weighted by molar-refractivity contribution is -0.385. The molecule has 3 aromatic rings. The molecule has 0 aliphatic carbocycles. The molecule has 0 unspecified atom stereocenters. The first-order chi connectivity index (χ1) is 12.9. The van der Waals surface area contributed by atoms with Gasteiger partial charge in [0.25, 0.3) is 11.6 Å². The molecule has 1 amide bonds. The summed E-state index contributed by atoms with van der Waals surface area (Å²) in [5.41, 5.74) is 3.41. The number of rotatable bonds is 5. The van der Waals surface area contributed by atoms with Gasteiger partial charge in [0.05, 0.1) is 24.3 Å². The average molecular weight is 368 g/mol. The standard InChI is InChI=1S/C18H16N4O5/c1-21-14-6-4-3-5-11(14)8-15(21)18(24)20-19-10-12-7-13(22(25)26)9-16(27-2)17(12)23/h3-10,23H,1-2H3,(H,20,24)/b19-10+. The normalized spacial score (nSPS) is 11.0. The van der Waals surface area contributed by atoms with Crippen molar-refractivity contribution in [3.05, 3.63) is 63.8 Å². The Morgan fingerprint density at radius 1 is 1.33 bits per heavy atom. The summed E-state index contributed by atoms with van der Waals surface area (Å²) in [6.07, 6.45) is 1.12. The van der Waals surface area contributed by atoms with Gasteiger partial charge in [-0.05, 0) is 12.1 Å². The highest BCUT2D eigenvalue weighted by atomic mass is 16.6. The molecule has 0 radical (unpaired) electrons. The number of carbonyl (C=O) groups is 1. The molecule has 0 aliphatic rings. The maximum absolute atomic E-state index is 12.4. The van der Waals surface area contributed by atoms with Crippen LogP contribution in [-0.2, 0) is 7.05 Å². The molecule has 0 aliphatic heterocycles. The van der Waals surface area contributed by atoms with Gasteiger partial charge in [-0.25, -0.2) is 5.43 Å². The second kappa shape index (κ2) is 7.16. The number of aromatic nitrogens is 1. The van der Waals surface area contributed by atoms with Gasteiger partial charge in [0.2, 0.25) is 0 Å². The number of nitro groups is 1. The Labute approximate surface area is 153 Å². The summed E-state index contributed by atoms with van der Waals surface area (Å²) in [7, 11) is 3.04. The third-order valence-electron chi connectivity index (χ3n) is 4.07. The van der Waals surface area contributed by atoms with Gasteiger partial charge in [0, 0.05) is 29.6 Å². The average Bonchev–Trinajstić information content (AvgIpc) is 3.00. The zero-order valence-corrected chi connectivity index (χ0v) is 14.5. The molecule has 0 spiro atoms. The number of nitro benzene ring substituents is 1. The van der Waals surface area contributed by atoms with Gasteiger partial charge < -0.3 is 14.4 Å². The number of carbonyl (C=O) groups excluding carboxylic acids is 1. The minimum atomic E-state index is -0.618. The smallest absolute Gasteiger partial charge is 0.287 e. The molecule has 0 saturated heterocycles. The molecule has 9 heteroatoms. The quantitative estimate of drug-likeness (QED) is 0.407. The fourth-order valence-corrected chi connectivity index (χ4v) is 2.70. The molecule has 138 valence electrons. The lowest BCUT2D eigenvalue weighted by Gasteiger charge is -2.06. The number of methoxy groups -OCH3 is 1. The Hall–Kier alpha value is -3.88. The van der Waals surface area contributed by atoms with Gasteiger partial charge in [-0.15, -0.1) is 0 Å². The van der Waals surface area contributed by atoms with Crippen molar-refractivity contribution in [3.63, 3.8) is 0 Å². The van der Waals surface area contributed by atoms with E-state index < -0.39 is 10.8 Å². The number of phenolic OH excluding ortho intramolecular Hbond substituents is 1. The number of amides is 1. The lowest BCUT2D eigenvalue weighted by atomic mass is 10.2. The van der Waals surface area contributed by atoms with E-state index in [2.05, 4.69) is 10.5 Å². The van der Waals surface area contributed by atoms with Crippen LogP contribution in [0.15, 0.2) is 47.6 Å². The van der Waals surface area contributed by atoms with Crippen LogP contribution in [0.1, 0.15) is 16.1 Å². The van der Waals surface area contributed by atoms with E-state index >= 15 is 0 Å². The van der Waals surface area contributed by atoms with Gasteiger partial charge in [-0.1, -0.05) is 18.2 Å². The summed E-state index contributed by atoms with van der Waals surface area (Å²) in [6.45, 7) is 0. The number of hydrogen-bond acceptors (Lipinski definition) is 6. The number of hydrogen-bond donors (Lipinski definition) is 2. The number of nitrogens with one attached hydrogen (secondary N) is 1. The van der Waals surface area contributed by atoms with Crippen molar-refractivity contribution in [2.24, 2.45) is 12.1 Å². The Kier molecular flexibility index (Phi) is 4.75. The molecule has 2 aromatic carbocycles. The Morgan fingerprint density at radius 3 is 2.74 bits per heavy atom.